The summed E-state index contributed by atoms with van der Waals surface area (Å²) in [5.41, 5.74) is 3.09. The van der Waals surface area contributed by atoms with Crippen molar-refractivity contribution in [3.8, 4) is 0 Å². The van der Waals surface area contributed by atoms with Crippen LogP contribution in [0.25, 0.3) is 0 Å². The Hall–Kier alpha value is -0.780. The van der Waals surface area contributed by atoms with Gasteiger partial charge < -0.3 is 0 Å². The first-order chi connectivity index (χ1) is 6.77. The lowest BCUT2D eigenvalue weighted by Crippen LogP contribution is -1.95. The van der Waals surface area contributed by atoms with E-state index in [-0.39, 0.29) is 0 Å². The Morgan fingerprint density at radius 3 is 2.79 bits per heavy atom. The predicted molar refractivity (Wildman–Crippen MR) is 64.3 cm³/mol. The van der Waals surface area contributed by atoms with Gasteiger partial charge in [0.05, 0.1) is 0 Å². The zero-order valence-electron chi connectivity index (χ0n) is 9.72. The molecule has 1 atom stereocenters. The van der Waals surface area contributed by atoms with E-state index in [1.54, 1.807) is 5.57 Å². The molecule has 0 nitrogen and oxygen atoms in total. The third-order valence-electron chi connectivity index (χ3n) is 2.98. The maximum absolute atomic E-state index is 2.38. The monoisotopic (exact) mass is 190 g/mol. The van der Waals surface area contributed by atoms with Gasteiger partial charge in [-0.15, -0.1) is 0 Å². The molecule has 0 aromatic rings. The van der Waals surface area contributed by atoms with Crippen LogP contribution in [-0.2, 0) is 0 Å². The molecule has 0 radical (unpaired) electrons. The summed E-state index contributed by atoms with van der Waals surface area (Å²) in [7, 11) is 0. The van der Waals surface area contributed by atoms with E-state index in [0.29, 0.717) is 0 Å². The number of allylic oxidation sites excluding steroid dienone is 6. The highest BCUT2D eigenvalue weighted by Gasteiger charge is 2.10. The number of hydrogen-bond donors (Lipinski definition) is 0. The van der Waals surface area contributed by atoms with Crippen molar-refractivity contribution in [2.75, 3.05) is 0 Å². The average Bonchev–Trinajstić information content (AvgIpc) is 2.66. The molecule has 0 N–H and O–H groups in total. The molecular weight excluding hydrogens is 168 g/mol. The molecule has 0 heteroatoms. The first-order valence-electron chi connectivity index (χ1n) is 5.75. The van der Waals surface area contributed by atoms with Crippen molar-refractivity contribution in [1.82, 2.24) is 0 Å². The second-order valence-corrected chi connectivity index (χ2v) is 4.13. The van der Waals surface area contributed by atoms with Gasteiger partial charge in [-0.3, -0.25) is 0 Å². The molecule has 0 saturated heterocycles. The molecule has 0 aromatic heterocycles. The Labute approximate surface area is 88.4 Å². The van der Waals surface area contributed by atoms with Gasteiger partial charge in [0.25, 0.3) is 0 Å². The topological polar surface area (TPSA) is 0 Å². The van der Waals surface area contributed by atoms with Crippen molar-refractivity contribution >= 4 is 0 Å². The lowest BCUT2D eigenvalue weighted by molar-refractivity contribution is 0.622. The van der Waals surface area contributed by atoms with Crippen molar-refractivity contribution in [3.63, 3.8) is 0 Å². The van der Waals surface area contributed by atoms with E-state index >= 15 is 0 Å². The summed E-state index contributed by atoms with van der Waals surface area (Å²) in [6.07, 6.45) is 14.1. The van der Waals surface area contributed by atoms with Gasteiger partial charge in [0.2, 0.25) is 0 Å². The first kappa shape index (κ1) is 11.3. The minimum atomic E-state index is 0.807. The smallest absolute Gasteiger partial charge is 0.0193 e. The fourth-order valence-corrected chi connectivity index (χ4v) is 2.15. The molecule has 0 aliphatic heterocycles. The van der Waals surface area contributed by atoms with Gasteiger partial charge in [-0.2, -0.15) is 0 Å². The minimum Gasteiger partial charge on any atom is -0.0882 e. The van der Waals surface area contributed by atoms with Crippen molar-refractivity contribution < 1.29 is 0 Å². The molecule has 1 rings (SSSR count). The Bertz CT molecular complexity index is 253. The SMILES string of the molecule is C/C=C\C(CC)=C(/C)CC1C=CCC1. The summed E-state index contributed by atoms with van der Waals surface area (Å²) in [5, 5.41) is 0. The summed E-state index contributed by atoms with van der Waals surface area (Å²) >= 11 is 0. The largest absolute Gasteiger partial charge is 0.0882 e. The van der Waals surface area contributed by atoms with E-state index in [4.69, 9.17) is 0 Å². The van der Waals surface area contributed by atoms with Gasteiger partial charge in [0.1, 0.15) is 0 Å². The summed E-state index contributed by atoms with van der Waals surface area (Å²) < 4.78 is 0. The molecule has 14 heavy (non-hydrogen) atoms. The normalized spacial score (nSPS) is 23.2. The summed E-state index contributed by atoms with van der Waals surface area (Å²) in [5.74, 6) is 0.807. The Balaban J connectivity index is 2.59. The van der Waals surface area contributed by atoms with Crippen molar-refractivity contribution in [2.24, 2.45) is 5.92 Å². The Morgan fingerprint density at radius 2 is 2.29 bits per heavy atom. The van der Waals surface area contributed by atoms with Gasteiger partial charge in [-0.05, 0) is 51.0 Å². The average molecular weight is 190 g/mol. The van der Waals surface area contributed by atoms with Gasteiger partial charge in [0, 0.05) is 0 Å². The molecular formula is C14H22. The Morgan fingerprint density at radius 1 is 1.50 bits per heavy atom. The van der Waals surface area contributed by atoms with Crippen molar-refractivity contribution in [1.29, 1.82) is 0 Å². The van der Waals surface area contributed by atoms with Gasteiger partial charge in [0.15, 0.2) is 0 Å². The highest BCUT2D eigenvalue weighted by molar-refractivity contribution is 5.25. The molecule has 1 aliphatic carbocycles. The van der Waals surface area contributed by atoms with E-state index in [0.717, 1.165) is 12.3 Å². The van der Waals surface area contributed by atoms with E-state index < -0.39 is 0 Å². The van der Waals surface area contributed by atoms with Crippen LogP contribution in [0.2, 0.25) is 0 Å². The van der Waals surface area contributed by atoms with Gasteiger partial charge in [-0.25, -0.2) is 0 Å². The number of rotatable bonds is 4. The van der Waals surface area contributed by atoms with Crippen LogP contribution in [0.5, 0.6) is 0 Å². The van der Waals surface area contributed by atoms with Crippen LogP contribution in [0.3, 0.4) is 0 Å². The molecule has 0 aromatic carbocycles. The maximum atomic E-state index is 2.38. The zero-order chi connectivity index (χ0) is 10.4. The van der Waals surface area contributed by atoms with E-state index in [1.165, 1.54) is 24.8 Å². The fourth-order valence-electron chi connectivity index (χ4n) is 2.15. The Kier molecular flexibility index (Phi) is 4.72. The van der Waals surface area contributed by atoms with Gasteiger partial charge in [-0.1, -0.05) is 36.8 Å². The third-order valence-corrected chi connectivity index (χ3v) is 2.98. The lowest BCUT2D eigenvalue weighted by Gasteiger charge is -2.11. The van der Waals surface area contributed by atoms with Crippen LogP contribution in [0, 0.1) is 5.92 Å². The predicted octanol–water partition coefficient (Wildman–Crippen LogP) is 4.65. The van der Waals surface area contributed by atoms with E-state index in [2.05, 4.69) is 45.1 Å². The van der Waals surface area contributed by atoms with Gasteiger partial charge >= 0.3 is 0 Å². The molecule has 78 valence electrons. The first-order valence-corrected chi connectivity index (χ1v) is 5.75. The summed E-state index contributed by atoms with van der Waals surface area (Å²) in [4.78, 5) is 0. The molecule has 0 saturated carbocycles. The minimum absolute atomic E-state index is 0.807. The maximum Gasteiger partial charge on any atom is -0.0193 e. The molecule has 0 spiro atoms. The highest BCUT2D eigenvalue weighted by Crippen LogP contribution is 2.26. The highest BCUT2D eigenvalue weighted by atomic mass is 14.2. The number of hydrogen-bond acceptors (Lipinski definition) is 0. The van der Waals surface area contributed by atoms with Crippen molar-refractivity contribution in [3.05, 3.63) is 35.5 Å². The second kappa shape index (κ2) is 5.85. The van der Waals surface area contributed by atoms with Crippen LogP contribution >= 0.6 is 0 Å². The molecule has 1 unspecified atom stereocenters. The molecule has 0 heterocycles. The molecule has 0 fully saturated rings. The quantitative estimate of drug-likeness (QED) is 0.447. The van der Waals surface area contributed by atoms with Crippen LogP contribution in [-0.4, -0.2) is 0 Å². The fraction of sp³-hybridized carbons (Fsp3) is 0.571. The zero-order valence-corrected chi connectivity index (χ0v) is 9.72. The molecule has 0 bridgehead atoms. The third kappa shape index (κ3) is 3.17. The molecule has 0 amide bonds. The van der Waals surface area contributed by atoms with Crippen molar-refractivity contribution in [2.45, 2.75) is 46.5 Å². The van der Waals surface area contributed by atoms with E-state index in [9.17, 15) is 0 Å². The summed E-state index contributed by atoms with van der Waals surface area (Å²) in [6.45, 7) is 6.62. The summed E-state index contributed by atoms with van der Waals surface area (Å²) in [6, 6.07) is 0. The van der Waals surface area contributed by atoms with Crippen LogP contribution in [0.15, 0.2) is 35.5 Å². The standard InChI is InChI=1S/C14H22/c1-4-8-14(5-2)12(3)11-13-9-6-7-10-13/h4,6,8-9,13H,5,7,10-11H2,1-3H3/b8-4-,14-12+. The lowest BCUT2D eigenvalue weighted by atomic mass is 9.95. The van der Waals surface area contributed by atoms with Crippen LogP contribution in [0.4, 0.5) is 0 Å². The van der Waals surface area contributed by atoms with Crippen LogP contribution in [0.1, 0.15) is 46.5 Å². The second-order valence-electron chi connectivity index (χ2n) is 4.13. The molecule has 1 aliphatic rings. The van der Waals surface area contributed by atoms with Crippen LogP contribution < -0.4 is 0 Å². The van der Waals surface area contributed by atoms with E-state index in [1.807, 2.05) is 0 Å².